The zero-order valence-electron chi connectivity index (χ0n) is 11.1. The quantitative estimate of drug-likeness (QED) is 0.859. The van der Waals surface area contributed by atoms with Gasteiger partial charge in [-0.3, -0.25) is 4.79 Å². The number of anilines is 1. The fourth-order valence-corrected chi connectivity index (χ4v) is 2.30. The minimum Gasteiger partial charge on any atom is -0.495 e. The Kier molecular flexibility index (Phi) is 7.29. The van der Waals surface area contributed by atoms with E-state index in [9.17, 15) is 4.79 Å². The van der Waals surface area contributed by atoms with Crippen molar-refractivity contribution in [2.75, 3.05) is 32.1 Å². The Bertz CT molecular complexity index is 453. The predicted molar refractivity (Wildman–Crippen MR) is 83.8 cm³/mol. The largest absolute Gasteiger partial charge is 0.495 e. The molecule has 0 aliphatic carbocycles. The van der Waals surface area contributed by atoms with Crippen LogP contribution in [-0.4, -0.2) is 38.8 Å². The molecule has 1 heterocycles. The molecule has 1 aromatic carbocycles. The van der Waals surface area contributed by atoms with Gasteiger partial charge in [-0.2, -0.15) is 0 Å². The van der Waals surface area contributed by atoms with Gasteiger partial charge < -0.3 is 20.1 Å². The molecule has 0 aromatic heterocycles. The van der Waals surface area contributed by atoms with Gasteiger partial charge in [0.25, 0.3) is 0 Å². The van der Waals surface area contributed by atoms with Crippen molar-refractivity contribution >= 4 is 39.9 Å². The first kappa shape index (κ1) is 17.2. The average Bonchev–Trinajstić information content (AvgIpc) is 2.40. The highest BCUT2D eigenvalue weighted by molar-refractivity contribution is 9.10. The van der Waals surface area contributed by atoms with Crippen molar-refractivity contribution in [2.24, 2.45) is 0 Å². The Morgan fingerprint density at radius 1 is 1.60 bits per heavy atom. The second-order valence-electron chi connectivity index (χ2n) is 4.29. The van der Waals surface area contributed by atoms with E-state index in [1.165, 1.54) is 0 Å². The third-order valence-corrected chi connectivity index (χ3v) is 3.35. The van der Waals surface area contributed by atoms with Crippen molar-refractivity contribution in [3.8, 4) is 5.75 Å². The van der Waals surface area contributed by atoms with Crippen molar-refractivity contribution in [1.82, 2.24) is 5.32 Å². The van der Waals surface area contributed by atoms with Gasteiger partial charge in [0.05, 0.1) is 31.9 Å². The molecule has 0 spiro atoms. The zero-order valence-corrected chi connectivity index (χ0v) is 13.6. The second-order valence-corrected chi connectivity index (χ2v) is 5.21. The molecular formula is C13H18BrClN2O3. The van der Waals surface area contributed by atoms with E-state index in [0.717, 1.165) is 11.0 Å². The summed E-state index contributed by atoms with van der Waals surface area (Å²) in [6.45, 7) is 2.21. The summed E-state index contributed by atoms with van der Waals surface area (Å²) in [6.07, 6.45) is 0.273. The van der Waals surface area contributed by atoms with E-state index < -0.39 is 0 Å². The van der Waals surface area contributed by atoms with Crippen molar-refractivity contribution in [1.29, 1.82) is 0 Å². The molecule has 1 aliphatic heterocycles. The van der Waals surface area contributed by atoms with E-state index in [2.05, 4.69) is 26.6 Å². The lowest BCUT2D eigenvalue weighted by Gasteiger charge is -2.23. The van der Waals surface area contributed by atoms with Crippen molar-refractivity contribution in [2.45, 2.75) is 12.5 Å². The SMILES string of the molecule is COc1ccc(Br)cc1NC(=O)CC1CNCCO1.Cl. The maximum Gasteiger partial charge on any atom is 0.227 e. The lowest BCUT2D eigenvalue weighted by molar-refractivity contribution is -0.119. The van der Waals surface area contributed by atoms with Gasteiger partial charge in [-0.1, -0.05) is 15.9 Å². The fraction of sp³-hybridized carbons (Fsp3) is 0.462. The number of benzene rings is 1. The molecule has 5 nitrogen and oxygen atoms in total. The fourth-order valence-electron chi connectivity index (χ4n) is 1.94. The number of carbonyl (C=O) groups excluding carboxylic acids is 1. The Morgan fingerprint density at radius 2 is 2.40 bits per heavy atom. The topological polar surface area (TPSA) is 59.6 Å². The van der Waals surface area contributed by atoms with Gasteiger partial charge >= 0.3 is 0 Å². The minimum atomic E-state index is -0.0786. The molecular weight excluding hydrogens is 348 g/mol. The van der Waals surface area contributed by atoms with Gasteiger partial charge in [0.1, 0.15) is 5.75 Å². The smallest absolute Gasteiger partial charge is 0.227 e. The first-order valence-corrected chi connectivity index (χ1v) is 6.94. The number of amides is 1. The molecule has 0 radical (unpaired) electrons. The molecule has 1 atom stereocenters. The van der Waals surface area contributed by atoms with Crippen LogP contribution in [0.4, 0.5) is 5.69 Å². The highest BCUT2D eigenvalue weighted by atomic mass is 79.9. The number of morpholine rings is 1. The molecule has 1 aromatic rings. The van der Waals surface area contributed by atoms with Crippen LogP contribution in [0.5, 0.6) is 5.75 Å². The summed E-state index contributed by atoms with van der Waals surface area (Å²) >= 11 is 3.37. The van der Waals surface area contributed by atoms with E-state index in [-0.39, 0.29) is 24.4 Å². The van der Waals surface area contributed by atoms with E-state index in [0.29, 0.717) is 31.0 Å². The van der Waals surface area contributed by atoms with Gasteiger partial charge in [-0.25, -0.2) is 0 Å². The second kappa shape index (κ2) is 8.46. The molecule has 20 heavy (non-hydrogen) atoms. The standard InChI is InChI=1S/C13H17BrN2O3.ClH/c1-18-12-3-2-9(14)6-11(12)16-13(17)7-10-8-15-4-5-19-10;/h2-3,6,10,15H,4-5,7-8H2,1H3,(H,16,17);1H. The molecule has 0 bridgehead atoms. The van der Waals surface area contributed by atoms with Crippen LogP contribution in [0.3, 0.4) is 0 Å². The molecule has 1 amide bonds. The number of rotatable bonds is 4. The van der Waals surface area contributed by atoms with Crippen LogP contribution >= 0.6 is 28.3 Å². The van der Waals surface area contributed by atoms with E-state index in [4.69, 9.17) is 9.47 Å². The van der Waals surface area contributed by atoms with Crippen molar-refractivity contribution in [3.05, 3.63) is 22.7 Å². The monoisotopic (exact) mass is 364 g/mol. The number of hydrogen-bond acceptors (Lipinski definition) is 4. The molecule has 1 aliphatic rings. The number of methoxy groups -OCH3 is 1. The molecule has 2 N–H and O–H groups in total. The molecule has 2 rings (SSSR count). The predicted octanol–water partition coefficient (Wildman–Crippen LogP) is 2.20. The summed E-state index contributed by atoms with van der Waals surface area (Å²) in [5.41, 5.74) is 0.658. The molecule has 0 saturated carbocycles. The molecule has 7 heteroatoms. The van der Waals surface area contributed by atoms with E-state index in [1.807, 2.05) is 12.1 Å². The van der Waals surface area contributed by atoms with E-state index in [1.54, 1.807) is 13.2 Å². The van der Waals surface area contributed by atoms with E-state index >= 15 is 0 Å². The van der Waals surface area contributed by atoms with Crippen LogP contribution in [0, 0.1) is 0 Å². The Labute approximate surface area is 132 Å². The molecule has 1 fully saturated rings. The van der Waals surface area contributed by atoms with Crippen LogP contribution < -0.4 is 15.4 Å². The van der Waals surface area contributed by atoms with Gasteiger partial charge in [-0.05, 0) is 18.2 Å². The van der Waals surface area contributed by atoms with Gasteiger partial charge in [-0.15, -0.1) is 12.4 Å². The normalized spacial score (nSPS) is 18.0. The number of ether oxygens (including phenoxy) is 2. The van der Waals surface area contributed by atoms with Crippen LogP contribution in [0.2, 0.25) is 0 Å². The third-order valence-electron chi connectivity index (χ3n) is 2.85. The Balaban J connectivity index is 0.00000200. The van der Waals surface area contributed by atoms with Crippen LogP contribution in [0.25, 0.3) is 0 Å². The maximum absolute atomic E-state index is 12.0. The third kappa shape index (κ3) is 4.94. The molecule has 1 saturated heterocycles. The number of halogens is 2. The van der Waals surface area contributed by atoms with Gasteiger partial charge in [0, 0.05) is 17.6 Å². The van der Waals surface area contributed by atoms with Crippen LogP contribution in [-0.2, 0) is 9.53 Å². The number of carbonyl (C=O) groups is 1. The Hall–Kier alpha value is -0.820. The summed E-state index contributed by atoms with van der Waals surface area (Å²) < 4.78 is 11.6. The van der Waals surface area contributed by atoms with Gasteiger partial charge in [0.15, 0.2) is 0 Å². The van der Waals surface area contributed by atoms with Crippen molar-refractivity contribution < 1.29 is 14.3 Å². The highest BCUT2D eigenvalue weighted by Gasteiger charge is 2.18. The molecule has 1 unspecified atom stereocenters. The minimum absolute atomic E-state index is 0. The highest BCUT2D eigenvalue weighted by Crippen LogP contribution is 2.28. The summed E-state index contributed by atoms with van der Waals surface area (Å²) in [5, 5.41) is 6.05. The lowest BCUT2D eigenvalue weighted by atomic mass is 10.2. The maximum atomic E-state index is 12.0. The zero-order chi connectivity index (χ0) is 13.7. The number of nitrogens with one attached hydrogen (secondary N) is 2. The summed E-state index contributed by atoms with van der Waals surface area (Å²) in [6, 6.07) is 5.48. The summed E-state index contributed by atoms with van der Waals surface area (Å²) in [4.78, 5) is 12.0. The molecule has 112 valence electrons. The lowest BCUT2D eigenvalue weighted by Crippen LogP contribution is -2.40. The first-order valence-electron chi connectivity index (χ1n) is 6.15. The summed E-state index contributed by atoms with van der Waals surface area (Å²) in [5.74, 6) is 0.560. The first-order chi connectivity index (χ1) is 9.19. The number of hydrogen-bond donors (Lipinski definition) is 2. The van der Waals surface area contributed by atoms with Gasteiger partial charge in [0.2, 0.25) is 5.91 Å². The van der Waals surface area contributed by atoms with Crippen LogP contribution in [0.15, 0.2) is 22.7 Å². The Morgan fingerprint density at radius 3 is 3.05 bits per heavy atom. The summed E-state index contributed by atoms with van der Waals surface area (Å²) in [7, 11) is 1.58. The van der Waals surface area contributed by atoms with Crippen molar-refractivity contribution in [3.63, 3.8) is 0 Å². The average molecular weight is 366 g/mol. The van der Waals surface area contributed by atoms with Crippen LogP contribution in [0.1, 0.15) is 6.42 Å².